The van der Waals surface area contributed by atoms with Gasteiger partial charge in [-0.15, -0.1) is 0 Å². The lowest BCUT2D eigenvalue weighted by Crippen LogP contribution is -2.41. The van der Waals surface area contributed by atoms with Crippen LogP contribution in [0.4, 0.5) is 22.2 Å². The van der Waals surface area contributed by atoms with Gasteiger partial charge >= 0.3 is 6.03 Å². The molecule has 2 N–H and O–H groups in total. The highest BCUT2D eigenvalue weighted by atomic mass is 16.5. The highest BCUT2D eigenvalue weighted by Crippen LogP contribution is 2.25. The molecule has 1 aromatic carbocycles. The molecule has 1 aromatic heterocycles. The molecule has 0 fully saturated rings. The van der Waals surface area contributed by atoms with Crippen molar-refractivity contribution < 1.29 is 9.53 Å². The minimum atomic E-state index is -0.220. The van der Waals surface area contributed by atoms with E-state index in [1.165, 1.54) is 0 Å². The van der Waals surface area contributed by atoms with Crippen LogP contribution < -0.4 is 15.5 Å². The Morgan fingerprint density at radius 2 is 1.89 bits per heavy atom. The fourth-order valence-electron chi connectivity index (χ4n) is 2.48. The lowest BCUT2D eigenvalue weighted by Gasteiger charge is -2.25. The number of aromatic nitrogens is 2. The molecule has 7 nitrogen and oxygen atoms in total. The first-order valence-electron chi connectivity index (χ1n) is 9.20. The number of methoxy groups -OCH3 is 1. The van der Waals surface area contributed by atoms with E-state index in [2.05, 4.69) is 20.6 Å². The van der Waals surface area contributed by atoms with E-state index < -0.39 is 0 Å². The number of nitrogens with one attached hydrogen (secondary N) is 2. The Morgan fingerprint density at radius 1 is 1.19 bits per heavy atom. The van der Waals surface area contributed by atoms with Gasteiger partial charge in [0.1, 0.15) is 5.82 Å². The van der Waals surface area contributed by atoms with Gasteiger partial charge in [-0.25, -0.2) is 14.7 Å². The molecule has 1 heterocycles. The normalized spacial score (nSPS) is 12.9. The predicted octanol–water partition coefficient (Wildman–Crippen LogP) is 3.88. The van der Waals surface area contributed by atoms with Crippen molar-refractivity contribution in [2.24, 2.45) is 0 Å². The van der Waals surface area contributed by atoms with E-state index in [4.69, 9.17) is 4.74 Å². The molecule has 0 aliphatic rings. The smallest absolute Gasteiger partial charge is 0.327 e. The molecule has 2 rings (SSSR count). The molecule has 2 atom stereocenters. The summed E-state index contributed by atoms with van der Waals surface area (Å²) in [6, 6.07) is 9.38. The monoisotopic (exact) mass is 371 g/mol. The summed E-state index contributed by atoms with van der Waals surface area (Å²) < 4.78 is 5.14. The van der Waals surface area contributed by atoms with Gasteiger partial charge < -0.3 is 15.4 Å². The molecule has 0 bridgehead atoms. The first-order valence-corrected chi connectivity index (χ1v) is 9.20. The fraction of sp³-hybridized carbons (Fsp3) is 0.450. The van der Waals surface area contributed by atoms with Crippen LogP contribution in [-0.2, 0) is 4.74 Å². The van der Waals surface area contributed by atoms with Crippen LogP contribution in [-0.4, -0.2) is 41.8 Å². The molecule has 0 radical (unpaired) electrons. The minimum absolute atomic E-state index is 0.0482. The third-order valence-corrected chi connectivity index (χ3v) is 4.14. The average Bonchev–Trinajstić information content (AvgIpc) is 2.64. The van der Waals surface area contributed by atoms with Crippen LogP contribution in [0.5, 0.6) is 0 Å². The number of ether oxygens (including phenoxy) is 1. The van der Waals surface area contributed by atoms with Gasteiger partial charge in [-0.05, 0) is 39.3 Å². The summed E-state index contributed by atoms with van der Waals surface area (Å²) in [6.45, 7) is 8.53. The summed E-state index contributed by atoms with van der Waals surface area (Å²) in [5.41, 5.74) is 1.87. The van der Waals surface area contributed by atoms with Crippen molar-refractivity contribution in [3.63, 3.8) is 0 Å². The zero-order valence-corrected chi connectivity index (χ0v) is 16.7. The largest absolute Gasteiger partial charge is 0.383 e. The average molecular weight is 371 g/mol. The number of rotatable bonds is 8. The second kappa shape index (κ2) is 9.87. The Bertz CT molecular complexity index is 735. The maximum absolute atomic E-state index is 12.9. The maximum Gasteiger partial charge on any atom is 0.327 e. The topological polar surface area (TPSA) is 79.4 Å². The molecule has 146 valence electrons. The van der Waals surface area contributed by atoms with Crippen LogP contribution in [0.2, 0.25) is 0 Å². The van der Waals surface area contributed by atoms with E-state index in [1.807, 2.05) is 52.0 Å². The molecular formula is C20H29N5O2. The van der Waals surface area contributed by atoms with E-state index in [-0.39, 0.29) is 18.1 Å². The zero-order chi connectivity index (χ0) is 19.8. The second-order valence-corrected chi connectivity index (χ2v) is 6.67. The molecule has 0 saturated heterocycles. The standard InChI is InChI=1S/C20H29N5O2/c1-6-15(3)23-20(26)25(17-9-7-14(2)8-10-17)18-11-12-21-19(24-18)22-16(4)13-27-5/h7-12,15-16H,6,13H2,1-5H3,(H,23,26)(H,21,22,24). The highest BCUT2D eigenvalue weighted by Gasteiger charge is 2.21. The number of anilines is 3. The number of nitrogens with zero attached hydrogens (tertiary/aromatic N) is 3. The van der Waals surface area contributed by atoms with Crippen molar-refractivity contribution >= 4 is 23.5 Å². The van der Waals surface area contributed by atoms with Crippen LogP contribution >= 0.6 is 0 Å². The minimum Gasteiger partial charge on any atom is -0.383 e. The molecule has 2 amide bonds. The molecule has 0 spiro atoms. The first kappa shape index (κ1) is 20.6. The van der Waals surface area contributed by atoms with Crippen molar-refractivity contribution in [2.45, 2.75) is 46.2 Å². The zero-order valence-electron chi connectivity index (χ0n) is 16.7. The number of benzene rings is 1. The number of urea groups is 1. The van der Waals surface area contributed by atoms with Crippen molar-refractivity contribution in [1.29, 1.82) is 0 Å². The van der Waals surface area contributed by atoms with Gasteiger partial charge in [0.15, 0.2) is 0 Å². The number of hydrogen-bond donors (Lipinski definition) is 2. The molecule has 27 heavy (non-hydrogen) atoms. The van der Waals surface area contributed by atoms with Crippen LogP contribution in [0.1, 0.15) is 32.8 Å². The Morgan fingerprint density at radius 3 is 2.52 bits per heavy atom. The van der Waals surface area contributed by atoms with Crippen LogP contribution in [0, 0.1) is 6.92 Å². The van der Waals surface area contributed by atoms with E-state index in [0.717, 1.165) is 17.7 Å². The van der Waals surface area contributed by atoms with Crippen molar-refractivity contribution in [2.75, 3.05) is 23.9 Å². The van der Waals surface area contributed by atoms with Gasteiger partial charge in [0.2, 0.25) is 5.95 Å². The van der Waals surface area contributed by atoms with Gasteiger partial charge in [-0.2, -0.15) is 4.98 Å². The van der Waals surface area contributed by atoms with E-state index in [9.17, 15) is 4.79 Å². The fourth-order valence-corrected chi connectivity index (χ4v) is 2.48. The highest BCUT2D eigenvalue weighted by molar-refractivity contribution is 5.98. The first-order chi connectivity index (χ1) is 12.9. The summed E-state index contributed by atoms with van der Waals surface area (Å²) in [5.74, 6) is 0.951. The lowest BCUT2D eigenvalue weighted by atomic mass is 10.2. The Hall–Kier alpha value is -2.67. The summed E-state index contributed by atoms with van der Waals surface area (Å²) in [5, 5.41) is 6.19. The number of hydrogen-bond acceptors (Lipinski definition) is 5. The second-order valence-electron chi connectivity index (χ2n) is 6.67. The van der Waals surface area contributed by atoms with Crippen LogP contribution in [0.15, 0.2) is 36.5 Å². The molecule has 0 saturated carbocycles. The van der Waals surface area contributed by atoms with Gasteiger partial charge in [-0.1, -0.05) is 24.6 Å². The SMILES string of the molecule is CCC(C)NC(=O)N(c1ccc(C)cc1)c1ccnc(NC(C)COC)n1. The molecule has 0 aliphatic carbocycles. The van der Waals surface area contributed by atoms with E-state index in [0.29, 0.717) is 18.4 Å². The van der Waals surface area contributed by atoms with Crippen LogP contribution in [0.3, 0.4) is 0 Å². The third kappa shape index (κ3) is 5.92. The predicted molar refractivity (Wildman–Crippen MR) is 109 cm³/mol. The van der Waals surface area contributed by atoms with Gasteiger partial charge in [0.25, 0.3) is 0 Å². The lowest BCUT2D eigenvalue weighted by molar-refractivity contribution is 0.190. The Balaban J connectivity index is 2.35. The van der Waals surface area contributed by atoms with Crippen molar-refractivity contribution in [3.05, 3.63) is 42.1 Å². The molecule has 0 aliphatic heterocycles. The Labute approximate surface area is 161 Å². The number of carbonyl (C=O) groups excluding carboxylic acids is 1. The molecule has 2 aromatic rings. The van der Waals surface area contributed by atoms with E-state index in [1.54, 1.807) is 24.3 Å². The molecular weight excluding hydrogens is 342 g/mol. The maximum atomic E-state index is 12.9. The number of amides is 2. The van der Waals surface area contributed by atoms with Gasteiger partial charge in [0.05, 0.1) is 12.3 Å². The summed E-state index contributed by atoms with van der Waals surface area (Å²) in [6.07, 6.45) is 2.49. The summed E-state index contributed by atoms with van der Waals surface area (Å²) in [7, 11) is 1.65. The van der Waals surface area contributed by atoms with Crippen molar-refractivity contribution in [1.82, 2.24) is 15.3 Å². The van der Waals surface area contributed by atoms with Crippen LogP contribution in [0.25, 0.3) is 0 Å². The third-order valence-electron chi connectivity index (χ3n) is 4.14. The molecule has 2 unspecified atom stereocenters. The quantitative estimate of drug-likeness (QED) is 0.736. The van der Waals surface area contributed by atoms with Gasteiger partial charge in [-0.3, -0.25) is 0 Å². The summed E-state index contributed by atoms with van der Waals surface area (Å²) in [4.78, 5) is 23.3. The number of aryl methyl sites for hydroxylation is 1. The molecule has 7 heteroatoms. The van der Waals surface area contributed by atoms with Crippen molar-refractivity contribution in [3.8, 4) is 0 Å². The van der Waals surface area contributed by atoms with Gasteiger partial charge in [0, 0.05) is 31.5 Å². The van der Waals surface area contributed by atoms with E-state index >= 15 is 0 Å². The Kier molecular flexibility index (Phi) is 7.55. The number of carbonyl (C=O) groups is 1. The summed E-state index contributed by atoms with van der Waals surface area (Å²) >= 11 is 0.